The molecular weight excluding hydrogens is 212 g/mol. The molecule has 1 aromatic carbocycles. The normalized spacial score (nSPS) is 13.9. The van der Waals surface area contributed by atoms with Gasteiger partial charge in [0, 0.05) is 12.0 Å². The smallest absolute Gasteiger partial charge is 0.131 e. The lowest BCUT2D eigenvalue weighted by atomic mass is 9.79. The van der Waals surface area contributed by atoms with Crippen molar-refractivity contribution < 1.29 is 13.6 Å². The molecule has 0 bridgehead atoms. The van der Waals surface area contributed by atoms with Crippen molar-refractivity contribution >= 4 is 5.78 Å². The van der Waals surface area contributed by atoms with Gasteiger partial charge in [-0.25, -0.2) is 8.78 Å². The third-order valence-electron chi connectivity index (χ3n) is 2.36. The Kier molecular flexibility index (Phi) is 3.38. The summed E-state index contributed by atoms with van der Waals surface area (Å²) in [6, 6.07) is 5.18. The maximum Gasteiger partial charge on any atom is 0.131 e. The first-order valence-corrected chi connectivity index (χ1v) is 4.76. The van der Waals surface area contributed by atoms with Gasteiger partial charge in [0.1, 0.15) is 17.4 Å². The second kappa shape index (κ2) is 4.40. The molecule has 0 aromatic heterocycles. The van der Waals surface area contributed by atoms with E-state index < -0.39 is 17.0 Å². The van der Waals surface area contributed by atoms with Crippen LogP contribution in [-0.4, -0.2) is 5.78 Å². The minimum Gasteiger partial charge on any atom is -0.300 e. The van der Waals surface area contributed by atoms with E-state index in [9.17, 15) is 13.6 Å². The van der Waals surface area contributed by atoms with Crippen molar-refractivity contribution in [3.05, 3.63) is 35.4 Å². The Morgan fingerprint density at radius 3 is 2.31 bits per heavy atom. The van der Waals surface area contributed by atoms with Gasteiger partial charge >= 0.3 is 0 Å². The van der Waals surface area contributed by atoms with Crippen LogP contribution in [0.5, 0.6) is 0 Å². The monoisotopic (exact) mass is 223 g/mol. The topological polar surface area (TPSA) is 40.9 Å². The Morgan fingerprint density at radius 1 is 1.44 bits per heavy atom. The molecule has 1 unspecified atom stereocenters. The summed E-state index contributed by atoms with van der Waals surface area (Å²) in [5, 5.41) is 9.00. The first kappa shape index (κ1) is 12.3. The summed E-state index contributed by atoms with van der Waals surface area (Å²) in [7, 11) is 0. The third kappa shape index (κ3) is 2.25. The fourth-order valence-corrected chi connectivity index (χ4v) is 1.71. The van der Waals surface area contributed by atoms with Gasteiger partial charge in [0.2, 0.25) is 0 Å². The molecule has 0 radical (unpaired) electrons. The summed E-state index contributed by atoms with van der Waals surface area (Å²) in [6.07, 6.45) is -0.207. The van der Waals surface area contributed by atoms with Gasteiger partial charge in [0.05, 0.1) is 11.5 Å². The van der Waals surface area contributed by atoms with E-state index in [0.717, 1.165) is 12.1 Å². The molecule has 0 saturated heterocycles. The SMILES string of the molecule is CC(=O)CC(C)(C#N)c1c(F)cccc1F. The lowest BCUT2D eigenvalue weighted by molar-refractivity contribution is -0.117. The number of benzene rings is 1. The molecule has 0 heterocycles. The largest absolute Gasteiger partial charge is 0.300 e. The highest BCUT2D eigenvalue weighted by atomic mass is 19.1. The quantitative estimate of drug-likeness (QED) is 0.790. The van der Waals surface area contributed by atoms with Gasteiger partial charge in [0.15, 0.2) is 0 Å². The van der Waals surface area contributed by atoms with Gasteiger partial charge in [-0.2, -0.15) is 5.26 Å². The predicted octanol–water partition coefficient (Wildman–Crippen LogP) is 2.73. The summed E-state index contributed by atoms with van der Waals surface area (Å²) >= 11 is 0. The number of ketones is 1. The highest BCUT2D eigenvalue weighted by Gasteiger charge is 2.33. The predicted molar refractivity (Wildman–Crippen MR) is 54.6 cm³/mol. The Labute approximate surface area is 92.5 Å². The molecule has 2 nitrogen and oxygen atoms in total. The standard InChI is InChI=1S/C12H11F2NO/c1-8(16)6-12(2,7-15)11-9(13)4-3-5-10(11)14/h3-5H,6H2,1-2H3. The fraction of sp³-hybridized carbons (Fsp3) is 0.333. The Hall–Kier alpha value is -1.76. The zero-order valence-corrected chi connectivity index (χ0v) is 9.05. The van der Waals surface area contributed by atoms with Gasteiger partial charge in [-0.15, -0.1) is 0 Å². The van der Waals surface area contributed by atoms with E-state index in [1.54, 1.807) is 6.07 Å². The van der Waals surface area contributed by atoms with Crippen molar-refractivity contribution in [2.75, 3.05) is 0 Å². The molecule has 84 valence electrons. The van der Waals surface area contributed by atoms with Crippen molar-refractivity contribution in [1.29, 1.82) is 5.26 Å². The minimum atomic E-state index is -1.46. The molecule has 0 aliphatic carbocycles. The zero-order chi connectivity index (χ0) is 12.3. The van der Waals surface area contributed by atoms with Crippen LogP contribution in [0.15, 0.2) is 18.2 Å². The van der Waals surface area contributed by atoms with Gasteiger partial charge in [-0.1, -0.05) is 6.07 Å². The lowest BCUT2D eigenvalue weighted by Crippen LogP contribution is -2.25. The number of nitrogens with zero attached hydrogens (tertiary/aromatic N) is 1. The van der Waals surface area contributed by atoms with Crippen LogP contribution < -0.4 is 0 Å². The average molecular weight is 223 g/mol. The van der Waals surface area contributed by atoms with E-state index in [0.29, 0.717) is 0 Å². The molecule has 0 aliphatic rings. The average Bonchev–Trinajstić information content (AvgIpc) is 2.16. The van der Waals surface area contributed by atoms with Crippen molar-refractivity contribution in [3.63, 3.8) is 0 Å². The molecule has 1 atom stereocenters. The summed E-state index contributed by atoms with van der Waals surface area (Å²) in [4.78, 5) is 11.0. The second-order valence-corrected chi connectivity index (χ2v) is 3.92. The molecule has 0 amide bonds. The highest BCUT2D eigenvalue weighted by molar-refractivity contribution is 5.77. The number of carbonyl (C=O) groups excluding carboxylic acids is 1. The van der Waals surface area contributed by atoms with E-state index in [1.165, 1.54) is 19.9 Å². The first-order chi connectivity index (χ1) is 7.40. The molecule has 0 aliphatic heterocycles. The molecule has 16 heavy (non-hydrogen) atoms. The van der Waals surface area contributed by atoms with E-state index >= 15 is 0 Å². The van der Waals surface area contributed by atoms with Crippen LogP contribution in [0.4, 0.5) is 8.78 Å². The lowest BCUT2D eigenvalue weighted by Gasteiger charge is -2.21. The number of Topliss-reactive ketones (excluding diaryl/α,β-unsaturated/α-hetero) is 1. The van der Waals surface area contributed by atoms with Gasteiger partial charge in [-0.3, -0.25) is 4.79 Å². The molecule has 1 rings (SSSR count). The maximum absolute atomic E-state index is 13.5. The van der Waals surface area contributed by atoms with Crippen molar-refractivity contribution in [2.45, 2.75) is 25.7 Å². The van der Waals surface area contributed by atoms with Crippen LogP contribution in [0.1, 0.15) is 25.8 Å². The highest BCUT2D eigenvalue weighted by Crippen LogP contribution is 2.31. The molecule has 1 aromatic rings. The van der Waals surface area contributed by atoms with E-state index in [2.05, 4.69) is 0 Å². The van der Waals surface area contributed by atoms with Crippen LogP contribution in [0, 0.1) is 23.0 Å². The van der Waals surface area contributed by atoms with Gasteiger partial charge in [-0.05, 0) is 26.0 Å². The van der Waals surface area contributed by atoms with Gasteiger partial charge in [0.25, 0.3) is 0 Å². The van der Waals surface area contributed by atoms with Crippen molar-refractivity contribution in [3.8, 4) is 6.07 Å². The van der Waals surface area contributed by atoms with E-state index in [1.807, 2.05) is 0 Å². The van der Waals surface area contributed by atoms with Crippen LogP contribution in [0.3, 0.4) is 0 Å². The second-order valence-electron chi connectivity index (χ2n) is 3.92. The van der Waals surface area contributed by atoms with Crippen LogP contribution >= 0.6 is 0 Å². The van der Waals surface area contributed by atoms with E-state index in [-0.39, 0.29) is 17.8 Å². The maximum atomic E-state index is 13.5. The van der Waals surface area contributed by atoms with Crippen molar-refractivity contribution in [2.24, 2.45) is 0 Å². The number of hydrogen-bond acceptors (Lipinski definition) is 2. The minimum absolute atomic E-state index is 0.207. The molecule has 0 spiro atoms. The molecular formula is C12H11F2NO. The first-order valence-electron chi connectivity index (χ1n) is 4.76. The number of carbonyl (C=O) groups is 1. The summed E-state index contributed by atoms with van der Waals surface area (Å²) < 4.78 is 27.0. The summed E-state index contributed by atoms with van der Waals surface area (Å²) in [5.74, 6) is -1.89. The molecule has 0 N–H and O–H groups in total. The van der Waals surface area contributed by atoms with Crippen LogP contribution in [-0.2, 0) is 10.2 Å². The Balaban J connectivity index is 3.34. The number of rotatable bonds is 3. The van der Waals surface area contributed by atoms with Crippen LogP contribution in [0.2, 0.25) is 0 Å². The molecule has 0 fully saturated rings. The number of nitriles is 1. The molecule has 4 heteroatoms. The van der Waals surface area contributed by atoms with Gasteiger partial charge < -0.3 is 0 Å². The van der Waals surface area contributed by atoms with Crippen molar-refractivity contribution in [1.82, 2.24) is 0 Å². The Morgan fingerprint density at radius 2 is 1.94 bits per heavy atom. The number of halogens is 2. The van der Waals surface area contributed by atoms with E-state index in [4.69, 9.17) is 5.26 Å². The third-order valence-corrected chi connectivity index (χ3v) is 2.36. The molecule has 0 saturated carbocycles. The summed E-state index contributed by atoms with van der Waals surface area (Å²) in [6.45, 7) is 2.64. The zero-order valence-electron chi connectivity index (χ0n) is 9.05. The number of hydrogen-bond donors (Lipinski definition) is 0. The Bertz CT molecular complexity index is 444. The summed E-state index contributed by atoms with van der Waals surface area (Å²) in [5.41, 5.74) is -1.80. The van der Waals surface area contributed by atoms with Crippen LogP contribution in [0.25, 0.3) is 0 Å². The fourth-order valence-electron chi connectivity index (χ4n) is 1.71.